The van der Waals surface area contributed by atoms with E-state index >= 15 is 0 Å². The van der Waals surface area contributed by atoms with Gasteiger partial charge in [-0.2, -0.15) is 0 Å². The van der Waals surface area contributed by atoms with E-state index in [1.165, 1.54) is 12.5 Å². The second kappa shape index (κ2) is 8.19. The lowest BCUT2D eigenvalue weighted by atomic mass is 9.69. The van der Waals surface area contributed by atoms with Crippen LogP contribution in [0.5, 0.6) is 0 Å². The highest BCUT2D eigenvalue weighted by molar-refractivity contribution is 5.79. The molecule has 0 aliphatic heterocycles. The number of hydrogen-bond donors (Lipinski definition) is 2. The molecule has 2 aliphatic carbocycles. The Morgan fingerprint density at radius 3 is 2.35 bits per heavy atom. The molecule has 1 aromatic rings. The van der Waals surface area contributed by atoms with Gasteiger partial charge in [-0.1, -0.05) is 31.4 Å². The molecule has 2 fully saturated rings. The van der Waals surface area contributed by atoms with E-state index in [0.29, 0.717) is 32.2 Å². The minimum Gasteiger partial charge on any atom is -0.481 e. The summed E-state index contributed by atoms with van der Waals surface area (Å²) in [6, 6.07) is 6.78. The van der Waals surface area contributed by atoms with Gasteiger partial charge in [0, 0.05) is 17.9 Å². The summed E-state index contributed by atoms with van der Waals surface area (Å²) in [6.07, 6.45) is 7.71. The molecule has 4 nitrogen and oxygen atoms in total. The molecule has 0 radical (unpaired) electrons. The molecule has 0 bridgehead atoms. The van der Waals surface area contributed by atoms with Crippen LogP contribution in [0.1, 0.15) is 63.4 Å². The number of benzene rings is 1. The van der Waals surface area contributed by atoms with Crippen LogP contribution in [-0.4, -0.2) is 23.5 Å². The van der Waals surface area contributed by atoms with E-state index in [9.17, 15) is 14.0 Å². The second-order valence-electron chi connectivity index (χ2n) is 7.96. The molecule has 1 amide bonds. The van der Waals surface area contributed by atoms with Gasteiger partial charge in [-0.05, 0) is 56.2 Å². The molecule has 0 spiro atoms. The Kier molecular flexibility index (Phi) is 5.94. The smallest absolute Gasteiger partial charge is 0.306 e. The first-order chi connectivity index (χ1) is 12.5. The minimum absolute atomic E-state index is 0.0233. The Balaban J connectivity index is 1.63. The number of aliphatic carboxylic acids is 1. The lowest BCUT2D eigenvalue weighted by Crippen LogP contribution is -2.44. The predicted octanol–water partition coefficient (Wildman–Crippen LogP) is 4.03. The number of hydrogen-bond acceptors (Lipinski definition) is 2. The first kappa shape index (κ1) is 18.9. The Hall–Kier alpha value is -1.91. The van der Waals surface area contributed by atoms with Crippen molar-refractivity contribution in [3.05, 3.63) is 35.6 Å². The van der Waals surface area contributed by atoms with Crippen molar-refractivity contribution in [2.45, 2.75) is 63.2 Å². The van der Waals surface area contributed by atoms with Crippen LogP contribution >= 0.6 is 0 Å². The fourth-order valence-electron chi connectivity index (χ4n) is 4.62. The maximum Gasteiger partial charge on any atom is 0.306 e. The Morgan fingerprint density at radius 1 is 1.08 bits per heavy atom. The van der Waals surface area contributed by atoms with E-state index in [4.69, 9.17) is 5.11 Å². The van der Waals surface area contributed by atoms with Crippen molar-refractivity contribution in [1.82, 2.24) is 5.32 Å². The van der Waals surface area contributed by atoms with E-state index in [1.54, 1.807) is 12.1 Å². The van der Waals surface area contributed by atoms with Gasteiger partial charge in [0.2, 0.25) is 5.91 Å². The molecule has 2 saturated carbocycles. The summed E-state index contributed by atoms with van der Waals surface area (Å²) in [7, 11) is 0. The van der Waals surface area contributed by atoms with Gasteiger partial charge in [-0.3, -0.25) is 9.59 Å². The van der Waals surface area contributed by atoms with Gasteiger partial charge in [0.05, 0.1) is 5.92 Å². The van der Waals surface area contributed by atoms with Crippen LogP contribution in [0.4, 0.5) is 4.39 Å². The van der Waals surface area contributed by atoms with Crippen LogP contribution in [0.15, 0.2) is 24.3 Å². The standard InChI is InChI=1S/C21H28FNO3/c22-18-6-4-5-17(13-18)21(11-2-1-3-12-21)14-23-19(24)15-7-9-16(10-8-15)20(25)26/h4-6,13,15-16H,1-3,7-12,14H2,(H,23,24)(H,25,26). The molecule has 5 heteroatoms. The molecule has 0 atom stereocenters. The summed E-state index contributed by atoms with van der Waals surface area (Å²) in [5, 5.41) is 12.2. The number of rotatable bonds is 5. The summed E-state index contributed by atoms with van der Waals surface area (Å²) >= 11 is 0. The Morgan fingerprint density at radius 2 is 1.73 bits per heavy atom. The van der Waals surface area contributed by atoms with Crippen molar-refractivity contribution in [3.63, 3.8) is 0 Å². The number of carboxylic acid groups (broad SMARTS) is 1. The normalized spacial score (nSPS) is 25.4. The van der Waals surface area contributed by atoms with Crippen molar-refractivity contribution in [1.29, 1.82) is 0 Å². The molecule has 3 rings (SSSR count). The fraction of sp³-hybridized carbons (Fsp3) is 0.619. The van der Waals surface area contributed by atoms with E-state index in [1.807, 2.05) is 6.07 Å². The van der Waals surface area contributed by atoms with E-state index < -0.39 is 5.97 Å². The quantitative estimate of drug-likeness (QED) is 0.832. The van der Waals surface area contributed by atoms with Gasteiger partial charge in [0.1, 0.15) is 5.82 Å². The second-order valence-corrected chi connectivity index (χ2v) is 7.96. The average Bonchev–Trinajstić information content (AvgIpc) is 2.67. The number of carbonyl (C=O) groups excluding carboxylic acids is 1. The maximum atomic E-state index is 13.7. The zero-order chi connectivity index (χ0) is 18.6. The van der Waals surface area contributed by atoms with Crippen molar-refractivity contribution < 1.29 is 19.1 Å². The van der Waals surface area contributed by atoms with Crippen molar-refractivity contribution in [2.75, 3.05) is 6.54 Å². The van der Waals surface area contributed by atoms with Crippen LogP contribution in [-0.2, 0) is 15.0 Å². The molecule has 0 aromatic heterocycles. The Labute approximate surface area is 154 Å². The lowest BCUT2D eigenvalue weighted by molar-refractivity contribution is -0.144. The van der Waals surface area contributed by atoms with Gasteiger partial charge in [-0.15, -0.1) is 0 Å². The largest absolute Gasteiger partial charge is 0.481 e. The van der Waals surface area contributed by atoms with Crippen LogP contribution in [0, 0.1) is 17.7 Å². The molecule has 0 heterocycles. The third-order valence-electron chi connectivity index (χ3n) is 6.30. The molecule has 2 N–H and O–H groups in total. The molecular weight excluding hydrogens is 333 g/mol. The summed E-state index contributed by atoms with van der Waals surface area (Å²) in [5.74, 6) is -1.37. The summed E-state index contributed by atoms with van der Waals surface area (Å²) in [5.41, 5.74) is 0.793. The van der Waals surface area contributed by atoms with Gasteiger partial charge in [0.25, 0.3) is 0 Å². The molecule has 1 aromatic carbocycles. The van der Waals surface area contributed by atoms with Crippen molar-refractivity contribution in [3.8, 4) is 0 Å². The van der Waals surface area contributed by atoms with Crippen LogP contribution in [0.25, 0.3) is 0 Å². The van der Waals surface area contributed by atoms with Crippen LogP contribution in [0.3, 0.4) is 0 Å². The number of carboxylic acids is 1. The van der Waals surface area contributed by atoms with Crippen LogP contribution in [0.2, 0.25) is 0 Å². The minimum atomic E-state index is -0.754. The SMILES string of the molecule is O=C(O)C1CCC(C(=O)NCC2(c3cccc(F)c3)CCCCC2)CC1. The summed E-state index contributed by atoms with van der Waals surface area (Å²) in [6.45, 7) is 0.536. The van der Waals surface area contributed by atoms with Crippen molar-refractivity contribution in [2.24, 2.45) is 11.8 Å². The monoisotopic (exact) mass is 361 g/mol. The first-order valence-corrected chi connectivity index (χ1v) is 9.77. The van der Waals surface area contributed by atoms with Crippen molar-refractivity contribution >= 4 is 11.9 Å². The molecule has 0 saturated heterocycles. The first-order valence-electron chi connectivity index (χ1n) is 9.77. The highest BCUT2D eigenvalue weighted by atomic mass is 19.1. The Bertz CT molecular complexity index is 646. The number of nitrogens with one attached hydrogen (secondary N) is 1. The lowest BCUT2D eigenvalue weighted by Gasteiger charge is -2.38. The van der Waals surface area contributed by atoms with Gasteiger partial charge in [-0.25, -0.2) is 4.39 Å². The summed E-state index contributed by atoms with van der Waals surface area (Å²) < 4.78 is 13.7. The zero-order valence-corrected chi connectivity index (χ0v) is 15.2. The molecule has 26 heavy (non-hydrogen) atoms. The fourth-order valence-corrected chi connectivity index (χ4v) is 4.62. The third kappa shape index (κ3) is 4.25. The molecular formula is C21H28FNO3. The zero-order valence-electron chi connectivity index (χ0n) is 15.2. The number of halogens is 1. The molecule has 0 unspecified atom stereocenters. The van der Waals surface area contributed by atoms with Gasteiger partial charge < -0.3 is 10.4 Å². The highest BCUT2D eigenvalue weighted by Gasteiger charge is 2.36. The molecule has 142 valence electrons. The topological polar surface area (TPSA) is 66.4 Å². The van der Waals surface area contributed by atoms with E-state index in [2.05, 4.69) is 5.32 Å². The average molecular weight is 361 g/mol. The van der Waals surface area contributed by atoms with Gasteiger partial charge in [0.15, 0.2) is 0 Å². The van der Waals surface area contributed by atoms with Crippen LogP contribution < -0.4 is 5.32 Å². The van der Waals surface area contributed by atoms with E-state index in [0.717, 1.165) is 31.2 Å². The highest BCUT2D eigenvalue weighted by Crippen LogP contribution is 2.39. The summed E-state index contributed by atoms with van der Waals surface area (Å²) in [4.78, 5) is 23.7. The molecule has 2 aliphatic rings. The number of amides is 1. The van der Waals surface area contributed by atoms with E-state index in [-0.39, 0.29) is 29.0 Å². The number of carbonyl (C=O) groups is 2. The van der Waals surface area contributed by atoms with Gasteiger partial charge >= 0.3 is 5.97 Å². The third-order valence-corrected chi connectivity index (χ3v) is 6.30. The predicted molar refractivity (Wildman–Crippen MR) is 97.3 cm³/mol. The maximum absolute atomic E-state index is 13.7.